The van der Waals surface area contributed by atoms with Crippen molar-refractivity contribution in [3.63, 3.8) is 0 Å². The number of hydrogen-bond acceptors (Lipinski definition) is 4. The van der Waals surface area contributed by atoms with Crippen LogP contribution in [0.15, 0.2) is 0 Å². The van der Waals surface area contributed by atoms with Gasteiger partial charge in [0.1, 0.15) is 0 Å². The molecule has 1 aliphatic rings. The molecule has 1 amide bonds. The van der Waals surface area contributed by atoms with E-state index >= 15 is 0 Å². The number of amides is 1. The molecule has 1 rings (SSSR count). The molecule has 106 valence electrons. The van der Waals surface area contributed by atoms with Crippen molar-refractivity contribution in [1.82, 2.24) is 4.90 Å². The first kappa shape index (κ1) is 15.8. The average Bonchev–Trinajstić information content (AvgIpc) is 2.82. The summed E-state index contributed by atoms with van der Waals surface area (Å²) in [6.45, 7) is 5.43. The molecule has 2 N–H and O–H groups in total. The first-order valence-corrected chi connectivity index (χ1v) is 7.84. The zero-order valence-electron chi connectivity index (χ0n) is 11.7. The molecule has 0 aromatic carbocycles. The Bertz CT molecular complexity index is 255. The molecular weight excluding hydrogens is 248 g/mol. The molecule has 0 saturated carbocycles. The molecular formula is C13H26N2O2S. The fourth-order valence-corrected chi connectivity index (χ4v) is 3.48. The molecule has 0 aromatic heterocycles. The van der Waals surface area contributed by atoms with E-state index < -0.39 is 0 Å². The van der Waals surface area contributed by atoms with Crippen LogP contribution in [0.3, 0.4) is 0 Å². The molecule has 1 aliphatic heterocycles. The van der Waals surface area contributed by atoms with Crippen LogP contribution < -0.4 is 5.73 Å². The second-order valence-electron chi connectivity index (χ2n) is 5.28. The summed E-state index contributed by atoms with van der Waals surface area (Å²) in [5.41, 5.74) is 6.02. The minimum absolute atomic E-state index is 0.0910. The molecule has 0 spiro atoms. The van der Waals surface area contributed by atoms with E-state index in [1.165, 1.54) is 0 Å². The first-order valence-electron chi connectivity index (χ1n) is 6.69. The normalized spacial score (nSPS) is 21.3. The van der Waals surface area contributed by atoms with Crippen molar-refractivity contribution in [2.24, 2.45) is 11.7 Å². The van der Waals surface area contributed by atoms with Gasteiger partial charge in [0.15, 0.2) is 0 Å². The number of nitrogens with two attached hydrogens (primary N) is 1. The summed E-state index contributed by atoms with van der Waals surface area (Å²) < 4.78 is 5.10. The monoisotopic (exact) mass is 274 g/mol. The number of rotatable bonds is 7. The van der Waals surface area contributed by atoms with E-state index in [1.54, 1.807) is 7.11 Å². The van der Waals surface area contributed by atoms with Gasteiger partial charge in [-0.05, 0) is 24.5 Å². The van der Waals surface area contributed by atoms with E-state index in [9.17, 15) is 4.79 Å². The van der Waals surface area contributed by atoms with Gasteiger partial charge in [-0.15, -0.1) is 0 Å². The van der Waals surface area contributed by atoms with Gasteiger partial charge in [0.25, 0.3) is 0 Å². The number of carbonyl (C=O) groups excluding carboxylic acids is 1. The summed E-state index contributed by atoms with van der Waals surface area (Å²) in [6, 6.07) is -0.0247. The molecule has 0 aliphatic carbocycles. The molecule has 5 heteroatoms. The van der Waals surface area contributed by atoms with Crippen LogP contribution in [0, 0.1) is 5.92 Å². The highest BCUT2D eigenvalue weighted by molar-refractivity contribution is 7.99. The second kappa shape index (κ2) is 8.02. The van der Waals surface area contributed by atoms with E-state index in [0.29, 0.717) is 25.1 Å². The van der Waals surface area contributed by atoms with Crippen molar-refractivity contribution in [1.29, 1.82) is 0 Å². The summed E-state index contributed by atoms with van der Waals surface area (Å²) >= 11 is 1.91. The molecule has 4 nitrogen and oxygen atoms in total. The molecule has 18 heavy (non-hydrogen) atoms. The maximum Gasteiger partial charge on any atom is 0.239 e. The highest BCUT2D eigenvalue weighted by atomic mass is 32.2. The number of methoxy groups -OCH3 is 1. The maximum absolute atomic E-state index is 12.4. The van der Waals surface area contributed by atoms with Crippen molar-refractivity contribution in [3.8, 4) is 0 Å². The van der Waals surface area contributed by atoms with Crippen molar-refractivity contribution in [2.75, 3.05) is 31.8 Å². The van der Waals surface area contributed by atoms with Crippen LogP contribution in [0.5, 0.6) is 0 Å². The third-order valence-electron chi connectivity index (χ3n) is 3.21. The lowest BCUT2D eigenvalue weighted by Crippen LogP contribution is -2.50. The van der Waals surface area contributed by atoms with Crippen molar-refractivity contribution < 1.29 is 9.53 Å². The smallest absolute Gasteiger partial charge is 0.239 e. The fraction of sp³-hybridized carbons (Fsp3) is 0.923. The molecule has 0 aromatic rings. The van der Waals surface area contributed by atoms with E-state index in [0.717, 1.165) is 24.3 Å². The Balaban J connectivity index is 2.59. The van der Waals surface area contributed by atoms with Crippen LogP contribution >= 0.6 is 11.8 Å². The largest absolute Gasteiger partial charge is 0.383 e. The predicted molar refractivity (Wildman–Crippen MR) is 76.7 cm³/mol. The zero-order valence-corrected chi connectivity index (χ0v) is 12.5. The van der Waals surface area contributed by atoms with Gasteiger partial charge < -0.3 is 15.4 Å². The van der Waals surface area contributed by atoms with Crippen LogP contribution in [0.1, 0.15) is 26.7 Å². The molecule has 1 fully saturated rings. The van der Waals surface area contributed by atoms with Crippen LogP contribution in [-0.2, 0) is 9.53 Å². The van der Waals surface area contributed by atoms with Gasteiger partial charge in [-0.25, -0.2) is 0 Å². The van der Waals surface area contributed by atoms with Crippen LogP contribution in [0.25, 0.3) is 0 Å². The second-order valence-corrected chi connectivity index (χ2v) is 6.43. The fourth-order valence-electron chi connectivity index (χ4n) is 2.25. The number of thioether (sulfide) groups is 1. The summed E-state index contributed by atoms with van der Waals surface area (Å²) in [5.74, 6) is 2.71. The molecule has 2 unspecified atom stereocenters. The van der Waals surface area contributed by atoms with E-state index in [4.69, 9.17) is 10.5 Å². The predicted octanol–water partition coefficient (Wildman–Crippen LogP) is 1.34. The Morgan fingerprint density at radius 2 is 2.28 bits per heavy atom. The van der Waals surface area contributed by atoms with Crippen molar-refractivity contribution in [3.05, 3.63) is 0 Å². The lowest BCUT2D eigenvalue weighted by Gasteiger charge is -2.31. The van der Waals surface area contributed by atoms with Gasteiger partial charge in [0, 0.05) is 25.4 Å². The minimum Gasteiger partial charge on any atom is -0.383 e. The van der Waals surface area contributed by atoms with Gasteiger partial charge in [0.2, 0.25) is 5.91 Å². The van der Waals surface area contributed by atoms with Crippen molar-refractivity contribution in [2.45, 2.75) is 38.8 Å². The summed E-state index contributed by atoms with van der Waals surface area (Å²) in [4.78, 5) is 14.3. The molecule has 0 bridgehead atoms. The van der Waals surface area contributed by atoms with Crippen LogP contribution in [0.4, 0.5) is 0 Å². The van der Waals surface area contributed by atoms with Crippen LogP contribution in [0.2, 0.25) is 0 Å². The number of carbonyl (C=O) groups is 1. The van der Waals surface area contributed by atoms with Gasteiger partial charge in [-0.2, -0.15) is 11.8 Å². The lowest BCUT2D eigenvalue weighted by molar-refractivity contribution is -0.135. The Morgan fingerprint density at radius 3 is 2.78 bits per heavy atom. The minimum atomic E-state index is -0.368. The number of nitrogens with zero attached hydrogens (tertiary/aromatic N) is 1. The van der Waals surface area contributed by atoms with Gasteiger partial charge in [-0.1, -0.05) is 13.8 Å². The maximum atomic E-state index is 12.4. The standard InChI is InChI=1S/C13H26N2O2S/c1-10(2)8-12(14)13(16)15(5-6-17-3)11-4-7-18-9-11/h10-12H,4-9,14H2,1-3H3. The summed E-state index contributed by atoms with van der Waals surface area (Å²) in [5, 5.41) is 0. The van der Waals surface area contributed by atoms with E-state index in [2.05, 4.69) is 13.8 Å². The number of ether oxygens (including phenoxy) is 1. The Morgan fingerprint density at radius 1 is 1.56 bits per heavy atom. The lowest BCUT2D eigenvalue weighted by atomic mass is 10.0. The highest BCUT2D eigenvalue weighted by Gasteiger charge is 2.29. The van der Waals surface area contributed by atoms with E-state index in [-0.39, 0.29) is 11.9 Å². The summed E-state index contributed by atoms with van der Waals surface area (Å²) in [6.07, 6.45) is 1.83. The zero-order chi connectivity index (χ0) is 13.5. The van der Waals surface area contributed by atoms with Gasteiger partial charge in [0.05, 0.1) is 12.6 Å². The van der Waals surface area contributed by atoms with Gasteiger partial charge >= 0.3 is 0 Å². The SMILES string of the molecule is COCCN(C(=O)C(N)CC(C)C)C1CCSC1. The first-order chi connectivity index (χ1) is 8.56. The molecule has 0 radical (unpaired) electrons. The molecule has 2 atom stereocenters. The highest BCUT2D eigenvalue weighted by Crippen LogP contribution is 2.23. The Hall–Kier alpha value is -0.260. The van der Waals surface area contributed by atoms with E-state index in [1.807, 2.05) is 16.7 Å². The molecule has 1 saturated heterocycles. The Kier molecular flexibility index (Phi) is 7.04. The average molecular weight is 274 g/mol. The topological polar surface area (TPSA) is 55.6 Å². The molecule has 1 heterocycles. The van der Waals surface area contributed by atoms with Crippen molar-refractivity contribution >= 4 is 17.7 Å². The third kappa shape index (κ3) is 4.78. The third-order valence-corrected chi connectivity index (χ3v) is 4.35. The van der Waals surface area contributed by atoms with Gasteiger partial charge in [-0.3, -0.25) is 4.79 Å². The summed E-state index contributed by atoms with van der Waals surface area (Å²) in [7, 11) is 1.67. The quantitative estimate of drug-likeness (QED) is 0.761. The van der Waals surface area contributed by atoms with Crippen LogP contribution in [-0.4, -0.2) is 54.7 Å². The number of hydrogen-bond donors (Lipinski definition) is 1. The Labute approximate surface area is 115 Å².